The maximum absolute atomic E-state index is 5.67. The zero-order valence-electron chi connectivity index (χ0n) is 10.4. The van der Waals surface area contributed by atoms with Crippen LogP contribution in [0.3, 0.4) is 0 Å². The van der Waals surface area contributed by atoms with E-state index in [4.69, 9.17) is 5.84 Å². The highest BCUT2D eigenvalue weighted by atomic mass is 15.3. The Balaban J connectivity index is 2.39. The van der Waals surface area contributed by atoms with Gasteiger partial charge in [0.05, 0.1) is 11.7 Å². The molecular formula is C13H18N4. The first-order chi connectivity index (χ1) is 8.11. The molecule has 0 aliphatic rings. The van der Waals surface area contributed by atoms with E-state index in [2.05, 4.69) is 41.7 Å². The number of benzene rings is 1. The summed E-state index contributed by atoms with van der Waals surface area (Å²) < 4.78 is 1.81. The fraction of sp³-hybridized carbons (Fsp3) is 0.308. The Morgan fingerprint density at radius 3 is 2.35 bits per heavy atom. The molecule has 0 aliphatic carbocycles. The van der Waals surface area contributed by atoms with Crippen LogP contribution in [0.5, 0.6) is 0 Å². The van der Waals surface area contributed by atoms with Gasteiger partial charge < -0.3 is 0 Å². The van der Waals surface area contributed by atoms with E-state index in [0.29, 0.717) is 0 Å². The van der Waals surface area contributed by atoms with Gasteiger partial charge in [-0.05, 0) is 19.4 Å². The Morgan fingerprint density at radius 1 is 1.24 bits per heavy atom. The summed E-state index contributed by atoms with van der Waals surface area (Å²) >= 11 is 0. The van der Waals surface area contributed by atoms with Crippen molar-refractivity contribution in [3.63, 3.8) is 0 Å². The Hall–Kier alpha value is -1.65. The number of nitrogens with one attached hydrogen (secondary N) is 1. The number of rotatable bonds is 3. The minimum absolute atomic E-state index is 0.00991. The first-order valence-electron chi connectivity index (χ1n) is 5.64. The predicted octanol–water partition coefficient (Wildman–Crippen LogP) is 1.59. The average molecular weight is 230 g/mol. The van der Waals surface area contributed by atoms with E-state index in [1.54, 1.807) is 0 Å². The summed E-state index contributed by atoms with van der Waals surface area (Å²) in [5.74, 6) is 5.67. The second-order valence-electron chi connectivity index (χ2n) is 4.35. The zero-order valence-corrected chi connectivity index (χ0v) is 10.4. The van der Waals surface area contributed by atoms with Crippen molar-refractivity contribution in [3.05, 3.63) is 52.8 Å². The number of aromatic nitrogens is 2. The van der Waals surface area contributed by atoms with Gasteiger partial charge in [0.1, 0.15) is 0 Å². The molecule has 0 saturated heterocycles. The number of hydrogen-bond donors (Lipinski definition) is 2. The lowest BCUT2D eigenvalue weighted by Gasteiger charge is -2.15. The van der Waals surface area contributed by atoms with Gasteiger partial charge in [-0.25, -0.2) is 5.43 Å². The first kappa shape index (κ1) is 11.8. The van der Waals surface area contributed by atoms with Crippen molar-refractivity contribution in [1.82, 2.24) is 15.2 Å². The molecule has 1 unspecified atom stereocenters. The minimum atomic E-state index is -0.00991. The second kappa shape index (κ2) is 4.69. The molecule has 17 heavy (non-hydrogen) atoms. The third-order valence-corrected chi connectivity index (χ3v) is 2.94. The lowest BCUT2D eigenvalue weighted by Crippen LogP contribution is -2.29. The molecule has 0 saturated carbocycles. The number of aryl methyl sites for hydroxylation is 3. The van der Waals surface area contributed by atoms with Crippen molar-refractivity contribution in [1.29, 1.82) is 0 Å². The van der Waals surface area contributed by atoms with E-state index >= 15 is 0 Å². The van der Waals surface area contributed by atoms with Gasteiger partial charge in [-0.2, -0.15) is 5.10 Å². The summed E-state index contributed by atoms with van der Waals surface area (Å²) in [5, 5.41) is 4.34. The van der Waals surface area contributed by atoms with E-state index in [1.807, 2.05) is 24.9 Å². The van der Waals surface area contributed by atoms with Crippen LogP contribution in [0.4, 0.5) is 0 Å². The molecule has 0 amide bonds. The van der Waals surface area contributed by atoms with Crippen molar-refractivity contribution < 1.29 is 0 Å². The van der Waals surface area contributed by atoms with Crippen LogP contribution >= 0.6 is 0 Å². The van der Waals surface area contributed by atoms with Crippen LogP contribution in [0, 0.1) is 13.8 Å². The van der Waals surface area contributed by atoms with Gasteiger partial charge in [0.15, 0.2) is 0 Å². The maximum atomic E-state index is 5.67. The molecule has 1 aromatic heterocycles. The average Bonchev–Trinajstić information content (AvgIpc) is 2.62. The molecule has 2 aromatic rings. The molecule has 1 atom stereocenters. The first-order valence-corrected chi connectivity index (χ1v) is 5.64. The van der Waals surface area contributed by atoms with Crippen LogP contribution in [0.25, 0.3) is 0 Å². The Labute approximate surface area is 101 Å². The molecule has 0 spiro atoms. The third-order valence-electron chi connectivity index (χ3n) is 2.94. The van der Waals surface area contributed by atoms with Crippen molar-refractivity contribution in [2.45, 2.75) is 19.9 Å². The van der Waals surface area contributed by atoms with Gasteiger partial charge in [0.2, 0.25) is 0 Å². The van der Waals surface area contributed by atoms with E-state index in [-0.39, 0.29) is 6.04 Å². The molecule has 0 bridgehead atoms. The SMILES string of the molecule is Cc1ccc(C(NN)c2cn(C)nc2C)cc1. The van der Waals surface area contributed by atoms with Gasteiger partial charge in [0.25, 0.3) is 0 Å². The van der Waals surface area contributed by atoms with Gasteiger partial charge in [-0.1, -0.05) is 29.8 Å². The minimum Gasteiger partial charge on any atom is -0.275 e. The standard InChI is InChI=1S/C13H18N4/c1-9-4-6-11(7-5-9)13(15-14)12-8-17(3)16-10(12)2/h4-8,13,15H,14H2,1-3H3. The molecule has 0 aliphatic heterocycles. The molecule has 0 fully saturated rings. The van der Waals surface area contributed by atoms with E-state index in [9.17, 15) is 0 Å². The van der Waals surface area contributed by atoms with Crippen molar-refractivity contribution in [2.75, 3.05) is 0 Å². The Morgan fingerprint density at radius 2 is 1.88 bits per heavy atom. The number of hydrazine groups is 1. The Bertz CT molecular complexity index is 499. The molecule has 90 valence electrons. The fourth-order valence-electron chi connectivity index (χ4n) is 2.03. The highest BCUT2D eigenvalue weighted by Gasteiger charge is 2.16. The lowest BCUT2D eigenvalue weighted by atomic mass is 9.99. The van der Waals surface area contributed by atoms with Gasteiger partial charge in [-0.15, -0.1) is 0 Å². The van der Waals surface area contributed by atoms with Crippen molar-refractivity contribution in [3.8, 4) is 0 Å². The number of hydrogen-bond acceptors (Lipinski definition) is 3. The predicted molar refractivity (Wildman–Crippen MR) is 68.3 cm³/mol. The van der Waals surface area contributed by atoms with Crippen LogP contribution in [-0.2, 0) is 7.05 Å². The van der Waals surface area contributed by atoms with E-state index < -0.39 is 0 Å². The van der Waals surface area contributed by atoms with Crippen molar-refractivity contribution >= 4 is 0 Å². The lowest BCUT2D eigenvalue weighted by molar-refractivity contribution is 0.633. The summed E-state index contributed by atoms with van der Waals surface area (Å²) in [6.45, 7) is 4.07. The third kappa shape index (κ3) is 2.38. The highest BCUT2D eigenvalue weighted by molar-refractivity contribution is 5.33. The van der Waals surface area contributed by atoms with Crippen LogP contribution in [0.15, 0.2) is 30.5 Å². The van der Waals surface area contributed by atoms with E-state index in [1.165, 1.54) is 5.56 Å². The molecule has 3 N–H and O–H groups in total. The summed E-state index contributed by atoms with van der Waals surface area (Å²) in [5.41, 5.74) is 7.35. The smallest absolute Gasteiger partial charge is 0.0743 e. The normalized spacial score (nSPS) is 12.7. The molecule has 2 rings (SSSR count). The van der Waals surface area contributed by atoms with Crippen LogP contribution in [0.2, 0.25) is 0 Å². The van der Waals surface area contributed by atoms with E-state index in [0.717, 1.165) is 16.8 Å². The van der Waals surface area contributed by atoms with Gasteiger partial charge in [-0.3, -0.25) is 10.5 Å². The van der Waals surface area contributed by atoms with Crippen molar-refractivity contribution in [2.24, 2.45) is 12.9 Å². The summed E-state index contributed by atoms with van der Waals surface area (Å²) in [7, 11) is 1.92. The number of nitrogens with two attached hydrogens (primary N) is 1. The molecule has 0 radical (unpaired) electrons. The van der Waals surface area contributed by atoms with Crippen LogP contribution in [0.1, 0.15) is 28.4 Å². The topological polar surface area (TPSA) is 55.9 Å². The summed E-state index contributed by atoms with van der Waals surface area (Å²) in [4.78, 5) is 0. The monoisotopic (exact) mass is 230 g/mol. The summed E-state index contributed by atoms with van der Waals surface area (Å²) in [6.07, 6.45) is 2.00. The van der Waals surface area contributed by atoms with Gasteiger partial charge >= 0.3 is 0 Å². The maximum Gasteiger partial charge on any atom is 0.0743 e. The van der Waals surface area contributed by atoms with Crippen LogP contribution in [-0.4, -0.2) is 9.78 Å². The quantitative estimate of drug-likeness (QED) is 0.622. The molecule has 4 heteroatoms. The largest absolute Gasteiger partial charge is 0.275 e. The molecule has 1 aromatic carbocycles. The zero-order chi connectivity index (χ0) is 12.4. The van der Waals surface area contributed by atoms with Crippen LogP contribution < -0.4 is 11.3 Å². The van der Waals surface area contributed by atoms with Gasteiger partial charge in [0, 0.05) is 18.8 Å². The highest BCUT2D eigenvalue weighted by Crippen LogP contribution is 2.23. The Kier molecular flexibility index (Phi) is 3.26. The molecule has 1 heterocycles. The second-order valence-corrected chi connectivity index (χ2v) is 4.35. The summed E-state index contributed by atoms with van der Waals surface area (Å²) in [6, 6.07) is 8.35. The number of nitrogens with zero attached hydrogens (tertiary/aromatic N) is 2. The molecular weight excluding hydrogens is 212 g/mol. The fourth-order valence-corrected chi connectivity index (χ4v) is 2.03. The molecule has 4 nitrogen and oxygen atoms in total.